The smallest absolute Gasteiger partial charge is 0.252 e. The van der Waals surface area contributed by atoms with E-state index in [9.17, 15) is 8.42 Å². The molecule has 0 atom stereocenters. The van der Waals surface area contributed by atoms with Gasteiger partial charge in [0.15, 0.2) is 0 Å². The van der Waals surface area contributed by atoms with Crippen LogP contribution in [0.5, 0.6) is 0 Å². The zero-order valence-corrected chi connectivity index (χ0v) is 11.8. The van der Waals surface area contributed by atoms with Crippen molar-refractivity contribution >= 4 is 21.4 Å². The lowest BCUT2D eigenvalue weighted by atomic mass is 10.3. The highest BCUT2D eigenvalue weighted by molar-refractivity contribution is 7.91. The van der Waals surface area contributed by atoms with Crippen LogP contribution in [-0.4, -0.2) is 32.4 Å². The van der Waals surface area contributed by atoms with Crippen molar-refractivity contribution in [2.45, 2.75) is 36.6 Å². The molecule has 0 bridgehead atoms. The molecular weight excluding hydrogens is 256 g/mol. The summed E-state index contributed by atoms with van der Waals surface area (Å²) in [6.45, 7) is 3.10. The van der Waals surface area contributed by atoms with E-state index in [1.54, 1.807) is 13.1 Å². The summed E-state index contributed by atoms with van der Waals surface area (Å²) in [5.41, 5.74) is 1.06. The predicted octanol–water partition coefficient (Wildman–Crippen LogP) is 1.64. The van der Waals surface area contributed by atoms with Crippen molar-refractivity contribution in [2.75, 3.05) is 13.6 Å². The lowest BCUT2D eigenvalue weighted by Crippen LogP contribution is -2.25. The van der Waals surface area contributed by atoms with E-state index in [0.29, 0.717) is 16.8 Å². The lowest BCUT2D eigenvalue weighted by molar-refractivity contribution is 0.488. The minimum absolute atomic E-state index is 0.439. The van der Waals surface area contributed by atoms with Gasteiger partial charge in [-0.1, -0.05) is 6.92 Å². The normalized spacial score (nSPS) is 16.6. The van der Waals surface area contributed by atoms with Gasteiger partial charge in [0.2, 0.25) is 0 Å². The van der Waals surface area contributed by atoms with Gasteiger partial charge in [-0.05, 0) is 29.9 Å². The quantitative estimate of drug-likeness (QED) is 0.858. The van der Waals surface area contributed by atoms with Crippen molar-refractivity contribution in [2.24, 2.45) is 0 Å². The third kappa shape index (κ3) is 3.07. The molecule has 0 saturated heterocycles. The van der Waals surface area contributed by atoms with E-state index < -0.39 is 10.0 Å². The van der Waals surface area contributed by atoms with Gasteiger partial charge in [0.05, 0.1) is 0 Å². The molecule has 17 heavy (non-hydrogen) atoms. The Morgan fingerprint density at radius 1 is 1.53 bits per heavy atom. The van der Waals surface area contributed by atoms with Gasteiger partial charge in [-0.2, -0.15) is 0 Å². The van der Waals surface area contributed by atoms with E-state index >= 15 is 0 Å². The summed E-state index contributed by atoms with van der Waals surface area (Å²) in [5.74, 6) is 0. The molecule has 1 heterocycles. The molecule has 0 aliphatic heterocycles. The summed E-state index contributed by atoms with van der Waals surface area (Å²) < 4.78 is 25.9. The average Bonchev–Trinajstić information content (AvgIpc) is 3.01. The van der Waals surface area contributed by atoms with Gasteiger partial charge in [-0.15, -0.1) is 11.3 Å². The molecule has 0 unspecified atom stereocenters. The number of nitrogens with zero attached hydrogens (tertiary/aromatic N) is 1. The van der Waals surface area contributed by atoms with Crippen molar-refractivity contribution in [1.29, 1.82) is 0 Å². The van der Waals surface area contributed by atoms with Crippen molar-refractivity contribution in [3.05, 3.63) is 17.0 Å². The molecule has 1 aliphatic rings. The van der Waals surface area contributed by atoms with Gasteiger partial charge in [-0.3, -0.25) is 0 Å². The monoisotopic (exact) mass is 274 g/mol. The van der Waals surface area contributed by atoms with Gasteiger partial charge in [-0.25, -0.2) is 12.7 Å². The molecule has 1 aliphatic carbocycles. The van der Waals surface area contributed by atoms with Crippen molar-refractivity contribution in [1.82, 2.24) is 9.62 Å². The standard InChI is InChI=1S/C11H18N2O2S2/c1-3-13(2)17(14,15)11-6-9(8-16-11)7-12-10-4-5-10/h6,8,10,12H,3-5,7H2,1-2H3. The van der Waals surface area contributed by atoms with Crippen LogP contribution in [0.4, 0.5) is 0 Å². The SMILES string of the molecule is CCN(C)S(=O)(=O)c1cc(CNC2CC2)cs1. The second-order valence-electron chi connectivity index (χ2n) is 4.35. The van der Waals surface area contributed by atoms with E-state index in [4.69, 9.17) is 0 Å². The molecule has 0 spiro atoms. The van der Waals surface area contributed by atoms with Crippen molar-refractivity contribution in [3.63, 3.8) is 0 Å². The largest absolute Gasteiger partial charge is 0.310 e. The van der Waals surface area contributed by atoms with E-state index in [2.05, 4.69) is 5.32 Å². The molecule has 96 valence electrons. The third-order valence-corrected chi connectivity index (χ3v) is 6.31. The van der Waals surface area contributed by atoms with Crippen LogP contribution >= 0.6 is 11.3 Å². The van der Waals surface area contributed by atoms with Gasteiger partial charge in [0.25, 0.3) is 10.0 Å². The molecule has 1 aromatic heterocycles. The fourth-order valence-electron chi connectivity index (χ4n) is 1.45. The Hall–Kier alpha value is -0.430. The summed E-state index contributed by atoms with van der Waals surface area (Å²) >= 11 is 1.30. The average molecular weight is 274 g/mol. The minimum Gasteiger partial charge on any atom is -0.310 e. The summed E-state index contributed by atoms with van der Waals surface area (Å²) in [5, 5.41) is 5.30. The summed E-state index contributed by atoms with van der Waals surface area (Å²) in [4.78, 5) is 0. The Kier molecular flexibility index (Phi) is 3.87. The maximum Gasteiger partial charge on any atom is 0.252 e. The molecular formula is C11H18N2O2S2. The van der Waals surface area contributed by atoms with Crippen molar-refractivity contribution in [3.8, 4) is 0 Å². The minimum atomic E-state index is -3.27. The van der Waals surface area contributed by atoms with Gasteiger partial charge in [0.1, 0.15) is 4.21 Å². The Balaban J connectivity index is 2.05. The Labute approximate surface area is 107 Å². The second-order valence-corrected chi connectivity index (χ2v) is 7.53. The maximum absolute atomic E-state index is 12.0. The predicted molar refractivity (Wildman–Crippen MR) is 69.7 cm³/mol. The lowest BCUT2D eigenvalue weighted by Gasteiger charge is -2.12. The first-order chi connectivity index (χ1) is 8.04. The van der Waals surface area contributed by atoms with Gasteiger partial charge < -0.3 is 5.32 Å². The molecule has 0 amide bonds. The van der Waals surface area contributed by atoms with Crippen LogP contribution in [0.2, 0.25) is 0 Å². The van der Waals surface area contributed by atoms with Crippen LogP contribution < -0.4 is 5.32 Å². The first-order valence-corrected chi connectivity index (χ1v) is 8.13. The first-order valence-electron chi connectivity index (χ1n) is 5.81. The molecule has 1 saturated carbocycles. The number of thiophene rings is 1. The highest BCUT2D eigenvalue weighted by atomic mass is 32.2. The Morgan fingerprint density at radius 2 is 2.24 bits per heavy atom. The molecule has 6 heteroatoms. The van der Waals surface area contributed by atoms with E-state index in [1.165, 1.54) is 28.5 Å². The van der Waals surface area contributed by atoms with Gasteiger partial charge >= 0.3 is 0 Å². The third-order valence-electron chi connectivity index (χ3n) is 2.91. The van der Waals surface area contributed by atoms with Crippen molar-refractivity contribution < 1.29 is 8.42 Å². The fraction of sp³-hybridized carbons (Fsp3) is 0.636. The summed E-state index contributed by atoms with van der Waals surface area (Å²) in [7, 11) is -1.66. The van der Waals surface area contributed by atoms with Crippen LogP contribution in [0.25, 0.3) is 0 Å². The van der Waals surface area contributed by atoms with Crippen LogP contribution in [-0.2, 0) is 16.6 Å². The Morgan fingerprint density at radius 3 is 2.82 bits per heavy atom. The zero-order valence-electron chi connectivity index (χ0n) is 10.1. The highest BCUT2D eigenvalue weighted by Crippen LogP contribution is 2.24. The summed E-state index contributed by atoms with van der Waals surface area (Å²) in [6.07, 6.45) is 2.49. The van der Waals surface area contributed by atoms with Crippen LogP contribution in [0.1, 0.15) is 25.3 Å². The number of rotatable bonds is 6. The van der Waals surface area contributed by atoms with Gasteiger partial charge in [0, 0.05) is 26.2 Å². The van der Waals surface area contributed by atoms with Crippen LogP contribution in [0.3, 0.4) is 0 Å². The second kappa shape index (κ2) is 5.06. The van der Waals surface area contributed by atoms with Crippen LogP contribution in [0.15, 0.2) is 15.7 Å². The van der Waals surface area contributed by atoms with E-state index in [1.807, 2.05) is 12.3 Å². The molecule has 2 rings (SSSR count). The highest BCUT2D eigenvalue weighted by Gasteiger charge is 2.23. The molecule has 1 fully saturated rings. The first kappa shape index (κ1) is 13.0. The molecule has 0 aromatic carbocycles. The van der Waals surface area contributed by atoms with Crippen LogP contribution in [0, 0.1) is 0 Å². The maximum atomic E-state index is 12.0. The molecule has 0 radical (unpaired) electrons. The van der Waals surface area contributed by atoms with E-state index in [0.717, 1.165) is 12.1 Å². The number of sulfonamides is 1. The number of hydrogen-bond donors (Lipinski definition) is 1. The fourth-order valence-corrected chi connectivity index (χ4v) is 4.05. The molecule has 4 nitrogen and oxygen atoms in total. The zero-order chi connectivity index (χ0) is 12.5. The molecule has 1 N–H and O–H groups in total. The molecule has 1 aromatic rings. The summed E-state index contributed by atoms with van der Waals surface area (Å²) in [6, 6.07) is 2.43. The topological polar surface area (TPSA) is 49.4 Å². The van der Waals surface area contributed by atoms with E-state index in [-0.39, 0.29) is 0 Å². The Bertz CT molecular complexity index is 477. The number of nitrogens with one attached hydrogen (secondary N) is 1. The number of hydrogen-bond acceptors (Lipinski definition) is 4.